The van der Waals surface area contributed by atoms with E-state index in [4.69, 9.17) is 21.2 Å². The number of oxime groups is 1. The maximum atomic E-state index is 14.4. The summed E-state index contributed by atoms with van der Waals surface area (Å²) >= 11 is 6.20. The van der Waals surface area contributed by atoms with Crippen molar-refractivity contribution in [2.45, 2.75) is 32.8 Å². The number of rotatable bonds is 4. The highest BCUT2D eigenvalue weighted by Gasteiger charge is 2.44. The standard InChI is InChI=1S/C18H17ClFN3O3/c1-4-25-17(24)18(3)7-15(23-26-18)11-5-12(14(20)6-13(11)19)16-9-21-10(2)8-22-16/h5-6,8-9H,4,7H2,1-3H3. The number of hydrogen-bond donors (Lipinski definition) is 0. The first-order chi connectivity index (χ1) is 12.3. The van der Waals surface area contributed by atoms with Gasteiger partial charge in [0.25, 0.3) is 0 Å². The first kappa shape index (κ1) is 18.3. The Bertz CT molecular complexity index is 886. The molecule has 0 aliphatic carbocycles. The van der Waals surface area contributed by atoms with Gasteiger partial charge in [0.1, 0.15) is 5.82 Å². The van der Waals surface area contributed by atoms with Crippen LogP contribution in [0, 0.1) is 12.7 Å². The van der Waals surface area contributed by atoms with Crippen LogP contribution in [0.2, 0.25) is 5.02 Å². The van der Waals surface area contributed by atoms with E-state index in [0.717, 1.165) is 5.69 Å². The van der Waals surface area contributed by atoms with Crippen LogP contribution in [-0.2, 0) is 14.4 Å². The predicted octanol–water partition coefficient (Wildman–Crippen LogP) is 3.69. The van der Waals surface area contributed by atoms with Crippen molar-refractivity contribution < 1.29 is 18.8 Å². The lowest BCUT2D eigenvalue weighted by atomic mass is 9.94. The lowest BCUT2D eigenvalue weighted by molar-refractivity contribution is -0.166. The summed E-state index contributed by atoms with van der Waals surface area (Å²) in [7, 11) is 0. The number of esters is 1. The molecule has 0 saturated heterocycles. The minimum absolute atomic E-state index is 0.163. The quantitative estimate of drug-likeness (QED) is 0.760. The van der Waals surface area contributed by atoms with E-state index in [9.17, 15) is 9.18 Å². The fourth-order valence-electron chi connectivity index (χ4n) is 2.58. The van der Waals surface area contributed by atoms with Crippen LogP contribution in [-0.4, -0.2) is 33.9 Å². The van der Waals surface area contributed by atoms with Crippen LogP contribution in [0.1, 0.15) is 31.5 Å². The molecule has 2 heterocycles. The Kier molecular flexibility index (Phi) is 4.91. The predicted molar refractivity (Wildman–Crippen MR) is 94.5 cm³/mol. The van der Waals surface area contributed by atoms with Gasteiger partial charge in [0.2, 0.25) is 5.60 Å². The van der Waals surface area contributed by atoms with E-state index in [1.807, 2.05) is 0 Å². The van der Waals surface area contributed by atoms with E-state index in [1.54, 1.807) is 27.0 Å². The van der Waals surface area contributed by atoms with Crippen molar-refractivity contribution in [3.05, 3.63) is 46.6 Å². The van der Waals surface area contributed by atoms with Gasteiger partial charge in [0, 0.05) is 23.7 Å². The highest BCUT2D eigenvalue weighted by molar-refractivity contribution is 6.34. The van der Waals surface area contributed by atoms with Crippen LogP contribution in [0.5, 0.6) is 0 Å². The normalized spacial score (nSPS) is 19.0. The Morgan fingerprint density at radius 3 is 2.77 bits per heavy atom. The van der Waals surface area contributed by atoms with Crippen molar-refractivity contribution in [3.63, 3.8) is 0 Å². The van der Waals surface area contributed by atoms with Crippen molar-refractivity contribution in [2.24, 2.45) is 5.16 Å². The number of nitrogens with zero attached hydrogens (tertiary/aromatic N) is 3. The third-order valence-corrected chi connectivity index (χ3v) is 4.31. The van der Waals surface area contributed by atoms with Crippen molar-refractivity contribution in [3.8, 4) is 11.3 Å². The molecule has 1 aliphatic heterocycles. The number of hydrogen-bond acceptors (Lipinski definition) is 6. The zero-order valence-corrected chi connectivity index (χ0v) is 15.3. The number of ether oxygens (including phenoxy) is 1. The molecular weight excluding hydrogens is 361 g/mol. The van der Waals surface area contributed by atoms with Crippen molar-refractivity contribution in [1.82, 2.24) is 9.97 Å². The van der Waals surface area contributed by atoms with Gasteiger partial charge in [-0.1, -0.05) is 16.8 Å². The van der Waals surface area contributed by atoms with Gasteiger partial charge in [-0.05, 0) is 32.9 Å². The molecule has 2 aromatic rings. The van der Waals surface area contributed by atoms with Crippen LogP contribution in [0.3, 0.4) is 0 Å². The molecule has 8 heteroatoms. The summed E-state index contributed by atoms with van der Waals surface area (Å²) in [5.41, 5.74) is 1.02. The lowest BCUT2D eigenvalue weighted by Gasteiger charge is -2.18. The first-order valence-corrected chi connectivity index (χ1v) is 8.42. The SMILES string of the molecule is CCOC(=O)C1(C)CC(c2cc(-c3cnc(C)cn3)c(F)cc2Cl)=NO1. The summed E-state index contributed by atoms with van der Waals surface area (Å²) in [4.78, 5) is 25.7. The first-order valence-electron chi connectivity index (χ1n) is 8.05. The highest BCUT2D eigenvalue weighted by atomic mass is 35.5. The summed E-state index contributed by atoms with van der Waals surface area (Å²) in [6.45, 7) is 5.33. The fourth-order valence-corrected chi connectivity index (χ4v) is 2.84. The van der Waals surface area contributed by atoms with Crippen molar-refractivity contribution >= 4 is 23.3 Å². The number of aryl methyl sites for hydroxylation is 1. The number of halogens is 2. The van der Waals surface area contributed by atoms with E-state index in [-0.39, 0.29) is 23.6 Å². The van der Waals surface area contributed by atoms with E-state index < -0.39 is 17.4 Å². The van der Waals surface area contributed by atoms with Crippen molar-refractivity contribution in [2.75, 3.05) is 6.61 Å². The van der Waals surface area contributed by atoms with E-state index in [0.29, 0.717) is 17.0 Å². The van der Waals surface area contributed by atoms with Gasteiger partial charge in [-0.25, -0.2) is 9.18 Å². The molecule has 136 valence electrons. The number of benzene rings is 1. The minimum Gasteiger partial charge on any atom is -0.463 e. The zero-order valence-electron chi connectivity index (χ0n) is 14.5. The molecule has 1 atom stereocenters. The average Bonchev–Trinajstić information content (AvgIpc) is 3.00. The van der Waals surface area contributed by atoms with Crippen molar-refractivity contribution in [1.29, 1.82) is 0 Å². The molecule has 26 heavy (non-hydrogen) atoms. The molecule has 0 bridgehead atoms. The van der Waals surface area contributed by atoms with Gasteiger partial charge in [0.15, 0.2) is 0 Å². The molecule has 0 saturated carbocycles. The van der Waals surface area contributed by atoms with E-state index in [1.165, 1.54) is 18.3 Å². The smallest absolute Gasteiger partial charge is 0.353 e. The molecule has 0 N–H and O–H groups in total. The van der Waals surface area contributed by atoms with Gasteiger partial charge in [-0.15, -0.1) is 0 Å². The zero-order chi connectivity index (χ0) is 18.9. The van der Waals surface area contributed by atoms with Crippen LogP contribution in [0.25, 0.3) is 11.3 Å². The Morgan fingerprint density at radius 2 is 2.12 bits per heavy atom. The molecule has 0 amide bonds. The Labute approximate surface area is 155 Å². The lowest BCUT2D eigenvalue weighted by Crippen LogP contribution is -2.37. The van der Waals surface area contributed by atoms with Gasteiger partial charge < -0.3 is 9.57 Å². The highest BCUT2D eigenvalue weighted by Crippen LogP contribution is 2.33. The summed E-state index contributed by atoms with van der Waals surface area (Å²) in [5.74, 6) is -1.04. The third-order valence-electron chi connectivity index (χ3n) is 3.99. The monoisotopic (exact) mass is 377 g/mol. The van der Waals surface area contributed by atoms with Gasteiger partial charge in [-0.3, -0.25) is 9.97 Å². The van der Waals surface area contributed by atoms with Crippen LogP contribution < -0.4 is 0 Å². The molecule has 1 unspecified atom stereocenters. The molecule has 0 radical (unpaired) electrons. The Morgan fingerprint density at radius 1 is 1.35 bits per heavy atom. The fraction of sp³-hybridized carbons (Fsp3) is 0.333. The Balaban J connectivity index is 1.95. The molecule has 3 rings (SSSR count). The van der Waals surface area contributed by atoms with E-state index >= 15 is 0 Å². The minimum atomic E-state index is -1.23. The molecule has 1 aliphatic rings. The molecular formula is C18H17ClFN3O3. The number of carbonyl (C=O) groups excluding carboxylic acids is 1. The summed E-state index contributed by atoms with van der Waals surface area (Å²) < 4.78 is 19.4. The second-order valence-electron chi connectivity index (χ2n) is 6.11. The molecule has 0 spiro atoms. The summed E-state index contributed by atoms with van der Waals surface area (Å²) in [6, 6.07) is 2.73. The third kappa shape index (κ3) is 3.39. The largest absolute Gasteiger partial charge is 0.463 e. The summed E-state index contributed by atoms with van der Waals surface area (Å²) in [6.07, 6.45) is 3.20. The second kappa shape index (κ2) is 6.99. The van der Waals surface area contributed by atoms with Gasteiger partial charge in [-0.2, -0.15) is 0 Å². The molecule has 0 fully saturated rings. The second-order valence-corrected chi connectivity index (χ2v) is 6.52. The number of carbonyl (C=O) groups is 1. The van der Waals surface area contributed by atoms with Crippen LogP contribution in [0.15, 0.2) is 29.7 Å². The molecule has 1 aromatic heterocycles. The maximum absolute atomic E-state index is 14.4. The maximum Gasteiger partial charge on any atom is 0.353 e. The molecule has 1 aromatic carbocycles. The summed E-state index contributed by atoms with van der Waals surface area (Å²) in [5, 5.41) is 4.14. The van der Waals surface area contributed by atoms with E-state index in [2.05, 4.69) is 15.1 Å². The molecule has 6 nitrogen and oxygen atoms in total. The van der Waals surface area contributed by atoms with Gasteiger partial charge >= 0.3 is 5.97 Å². The average molecular weight is 378 g/mol. The number of aromatic nitrogens is 2. The Hall–Kier alpha value is -2.54. The topological polar surface area (TPSA) is 73.7 Å². The van der Waals surface area contributed by atoms with Crippen LogP contribution >= 0.6 is 11.6 Å². The van der Waals surface area contributed by atoms with Gasteiger partial charge in [0.05, 0.1) is 34.9 Å². The van der Waals surface area contributed by atoms with Crippen LogP contribution in [0.4, 0.5) is 4.39 Å².